The average Bonchev–Trinajstić information content (AvgIpc) is 3.21. The molecule has 22 heteroatoms. The van der Waals surface area contributed by atoms with Gasteiger partial charge in [0.25, 0.3) is 20.2 Å². The number of para-hydroxylation sites is 2. The predicted molar refractivity (Wildman–Crippen MR) is 231 cm³/mol. The van der Waals surface area contributed by atoms with Gasteiger partial charge in [-0.1, -0.05) is 60.7 Å². The first-order valence-corrected chi connectivity index (χ1v) is 21.2. The molecule has 2 heterocycles. The molecule has 0 bridgehead atoms. The van der Waals surface area contributed by atoms with Crippen molar-refractivity contribution in [2.75, 3.05) is 58.1 Å². The van der Waals surface area contributed by atoms with E-state index in [-0.39, 0.29) is 58.2 Å². The number of rotatable bonds is 20. The smallest absolute Gasteiger partial charge is 0.295 e. The molecule has 0 radical (unpaired) electrons. The van der Waals surface area contributed by atoms with Gasteiger partial charge in [0.2, 0.25) is 35.7 Å². The lowest BCUT2D eigenvalue weighted by molar-refractivity contribution is 0.480. The minimum absolute atomic E-state index is 0.00365. The molecular weight excluding hydrogens is 813 g/mol. The summed E-state index contributed by atoms with van der Waals surface area (Å²) < 4.78 is 71.0. The maximum Gasteiger partial charge on any atom is 0.295 e. The standard InChI is InChI=1S/C38H42N14O6S2/c39-19-7-21-41-33-47-35(43-27-9-3-1-4-10-27)51-37(49-33)45-29-17-15-25(31(23-29)59(53,54)55)13-14-26-16-18-30(24-32(26)60(56,57)58)46-38-50-34(42-22-8-20-40)48-36(52-38)44-28-11-5-2-6-12-28/h1-6,9-18,23-24H,7-8,19-22,39-40H2,(H,53,54,55)(H,56,57,58)(H3,41,43,45,47,49,51)(H3,42,44,46,48,50,52)/b14-13+. The lowest BCUT2D eigenvalue weighted by Gasteiger charge is -2.13. The number of nitrogens with one attached hydrogen (secondary N) is 6. The van der Waals surface area contributed by atoms with E-state index in [1.165, 1.54) is 36.4 Å². The van der Waals surface area contributed by atoms with Crippen LogP contribution >= 0.6 is 0 Å². The Morgan fingerprint density at radius 2 is 0.800 bits per heavy atom. The van der Waals surface area contributed by atoms with Crippen LogP contribution < -0.4 is 43.4 Å². The first kappa shape index (κ1) is 42.8. The lowest BCUT2D eigenvalue weighted by atomic mass is 10.1. The van der Waals surface area contributed by atoms with Crippen molar-refractivity contribution in [1.82, 2.24) is 29.9 Å². The number of anilines is 10. The summed E-state index contributed by atoms with van der Waals surface area (Å²) >= 11 is 0. The monoisotopic (exact) mass is 854 g/mol. The van der Waals surface area contributed by atoms with Crippen LogP contribution in [0.4, 0.5) is 58.4 Å². The third-order valence-electron chi connectivity index (χ3n) is 8.20. The van der Waals surface area contributed by atoms with Crippen LogP contribution in [0.2, 0.25) is 0 Å². The van der Waals surface area contributed by atoms with Crippen molar-refractivity contribution < 1.29 is 25.9 Å². The molecule has 20 nitrogen and oxygen atoms in total. The zero-order valence-electron chi connectivity index (χ0n) is 31.8. The summed E-state index contributed by atoms with van der Waals surface area (Å²) in [5.41, 5.74) is 13.1. The van der Waals surface area contributed by atoms with E-state index in [0.29, 0.717) is 50.4 Å². The summed E-state index contributed by atoms with van der Waals surface area (Å²) in [6.07, 6.45) is 3.86. The quantitative estimate of drug-likeness (QED) is 0.0267. The lowest BCUT2D eigenvalue weighted by Crippen LogP contribution is -2.13. The van der Waals surface area contributed by atoms with Gasteiger partial charge in [0, 0.05) is 35.8 Å². The molecule has 0 saturated heterocycles. The Morgan fingerprint density at radius 3 is 1.13 bits per heavy atom. The van der Waals surface area contributed by atoms with Crippen LogP contribution in [0.25, 0.3) is 12.2 Å². The van der Waals surface area contributed by atoms with Gasteiger partial charge < -0.3 is 43.4 Å². The molecule has 0 aliphatic rings. The SMILES string of the molecule is NCCCNc1nc(Nc2ccccc2)nc(Nc2ccc(/C=C/c3ccc(Nc4nc(NCCCN)nc(Nc5ccccc5)n4)cc3S(=O)(=O)O)c(S(=O)(=O)O)c2)n1. The van der Waals surface area contributed by atoms with Crippen molar-refractivity contribution in [1.29, 1.82) is 0 Å². The second kappa shape index (κ2) is 19.8. The fourth-order valence-corrected chi connectivity index (χ4v) is 6.84. The van der Waals surface area contributed by atoms with Crippen molar-refractivity contribution in [3.63, 3.8) is 0 Å². The van der Waals surface area contributed by atoms with Crippen molar-refractivity contribution >= 4 is 90.8 Å². The summed E-state index contributed by atoms with van der Waals surface area (Å²) in [6.45, 7) is 1.86. The van der Waals surface area contributed by atoms with E-state index in [2.05, 4.69) is 61.8 Å². The summed E-state index contributed by atoms with van der Waals surface area (Å²) in [6, 6.07) is 26.5. The van der Waals surface area contributed by atoms with Gasteiger partial charge in [-0.05, 0) is 85.6 Å². The molecule has 0 aliphatic heterocycles. The maximum absolute atomic E-state index is 12.6. The Kier molecular flexibility index (Phi) is 14.1. The second-order valence-corrected chi connectivity index (χ2v) is 15.6. The molecule has 0 saturated carbocycles. The summed E-state index contributed by atoms with van der Waals surface area (Å²) in [7, 11) is -9.67. The van der Waals surface area contributed by atoms with Crippen LogP contribution in [0.5, 0.6) is 0 Å². The van der Waals surface area contributed by atoms with E-state index in [1.54, 1.807) is 0 Å². The fraction of sp³-hybridized carbons (Fsp3) is 0.158. The normalized spacial score (nSPS) is 11.6. The fourth-order valence-electron chi connectivity index (χ4n) is 5.42. The van der Waals surface area contributed by atoms with E-state index in [1.807, 2.05) is 60.7 Å². The van der Waals surface area contributed by atoms with Crippen molar-refractivity contribution in [2.45, 2.75) is 22.6 Å². The first-order chi connectivity index (χ1) is 28.9. The van der Waals surface area contributed by atoms with Gasteiger partial charge in [-0.15, -0.1) is 0 Å². The number of hydrogen-bond donors (Lipinski definition) is 10. The molecule has 60 heavy (non-hydrogen) atoms. The Morgan fingerprint density at radius 1 is 0.467 bits per heavy atom. The molecule has 4 aromatic carbocycles. The molecule has 0 amide bonds. The minimum atomic E-state index is -4.83. The molecule has 0 unspecified atom stereocenters. The van der Waals surface area contributed by atoms with Gasteiger partial charge in [0.05, 0.1) is 0 Å². The average molecular weight is 855 g/mol. The molecule has 6 rings (SSSR count). The second-order valence-electron chi connectivity index (χ2n) is 12.8. The van der Waals surface area contributed by atoms with Crippen LogP contribution in [0.15, 0.2) is 107 Å². The van der Waals surface area contributed by atoms with E-state index in [4.69, 9.17) is 11.5 Å². The Labute approximate surface area is 346 Å². The molecule has 0 atom stereocenters. The highest BCUT2D eigenvalue weighted by molar-refractivity contribution is 7.86. The van der Waals surface area contributed by atoms with Crippen molar-refractivity contribution in [3.8, 4) is 0 Å². The third-order valence-corrected chi connectivity index (χ3v) is 10.0. The highest BCUT2D eigenvalue weighted by Gasteiger charge is 2.19. The molecule has 0 aliphatic carbocycles. The number of nitrogens with two attached hydrogens (primary N) is 2. The van der Waals surface area contributed by atoms with Gasteiger partial charge in [-0.3, -0.25) is 9.11 Å². The van der Waals surface area contributed by atoms with E-state index >= 15 is 0 Å². The Hall–Kier alpha value is -6.82. The predicted octanol–water partition coefficient (Wildman–Crippen LogP) is 5.22. The van der Waals surface area contributed by atoms with Crippen LogP contribution in [-0.4, -0.2) is 82.0 Å². The summed E-state index contributed by atoms with van der Waals surface area (Å²) in [5.74, 6) is 0.936. The van der Waals surface area contributed by atoms with Crippen LogP contribution in [-0.2, 0) is 20.2 Å². The zero-order valence-corrected chi connectivity index (χ0v) is 33.4. The maximum atomic E-state index is 12.6. The van der Waals surface area contributed by atoms with Crippen LogP contribution in [0.1, 0.15) is 24.0 Å². The van der Waals surface area contributed by atoms with Crippen molar-refractivity contribution in [3.05, 3.63) is 108 Å². The third kappa shape index (κ3) is 12.3. The summed E-state index contributed by atoms with van der Waals surface area (Å²) in [4.78, 5) is 25.3. The largest absolute Gasteiger partial charge is 0.354 e. The Balaban J connectivity index is 1.26. The number of hydrogen-bond acceptors (Lipinski definition) is 18. The highest BCUT2D eigenvalue weighted by atomic mass is 32.2. The first-order valence-electron chi connectivity index (χ1n) is 18.4. The van der Waals surface area contributed by atoms with E-state index < -0.39 is 30.0 Å². The molecule has 312 valence electrons. The van der Waals surface area contributed by atoms with Crippen LogP contribution in [0.3, 0.4) is 0 Å². The highest BCUT2D eigenvalue weighted by Crippen LogP contribution is 2.29. The van der Waals surface area contributed by atoms with E-state index in [0.717, 1.165) is 12.1 Å². The molecule has 6 aromatic rings. The zero-order chi connectivity index (χ0) is 42.5. The van der Waals surface area contributed by atoms with E-state index in [9.17, 15) is 25.9 Å². The number of benzene rings is 4. The van der Waals surface area contributed by atoms with Crippen LogP contribution in [0, 0.1) is 0 Å². The topological polar surface area (TPSA) is 310 Å². The molecule has 0 spiro atoms. The number of nitrogens with zero attached hydrogens (tertiary/aromatic N) is 6. The van der Waals surface area contributed by atoms with Gasteiger partial charge in [0.15, 0.2) is 0 Å². The van der Waals surface area contributed by atoms with Gasteiger partial charge >= 0.3 is 0 Å². The molecule has 2 aromatic heterocycles. The number of aromatic nitrogens is 6. The summed E-state index contributed by atoms with van der Waals surface area (Å²) in [5, 5.41) is 18.2. The Bertz CT molecular complexity index is 2480. The van der Waals surface area contributed by atoms with Gasteiger partial charge in [0.1, 0.15) is 9.79 Å². The molecule has 12 N–H and O–H groups in total. The molecular formula is C38H42N14O6S2. The molecule has 0 fully saturated rings. The van der Waals surface area contributed by atoms with Crippen molar-refractivity contribution in [2.24, 2.45) is 11.5 Å². The van der Waals surface area contributed by atoms with Gasteiger partial charge in [-0.2, -0.15) is 46.7 Å². The minimum Gasteiger partial charge on any atom is -0.354 e. The van der Waals surface area contributed by atoms with Gasteiger partial charge in [-0.25, -0.2) is 0 Å².